The molecule has 1 aliphatic rings. The number of amides is 1. The number of rotatable bonds is 7. The van der Waals surface area contributed by atoms with Crippen LogP contribution in [0, 0.1) is 11.3 Å². The van der Waals surface area contributed by atoms with Gasteiger partial charge >= 0.3 is 0 Å². The van der Waals surface area contributed by atoms with Gasteiger partial charge < -0.3 is 10.1 Å². The number of hydrogen-bond acceptors (Lipinski definition) is 4. The summed E-state index contributed by atoms with van der Waals surface area (Å²) in [6, 6.07) is 14.9. The highest BCUT2D eigenvalue weighted by Crippen LogP contribution is 2.45. The van der Waals surface area contributed by atoms with Crippen molar-refractivity contribution in [3.8, 4) is 5.75 Å². The maximum atomic E-state index is 13.5. The second kappa shape index (κ2) is 10.8. The predicted molar refractivity (Wildman–Crippen MR) is 148 cm³/mol. The molecular weight excluding hydrogens is 476 g/mol. The van der Waals surface area contributed by atoms with E-state index in [4.69, 9.17) is 21.3 Å². The normalized spacial score (nSPS) is 15.6. The summed E-state index contributed by atoms with van der Waals surface area (Å²) >= 11 is 7.65. The van der Waals surface area contributed by atoms with Crippen molar-refractivity contribution in [3.63, 3.8) is 0 Å². The van der Waals surface area contributed by atoms with Crippen LogP contribution < -0.4 is 10.1 Å². The number of nitrogens with one attached hydrogen (secondary N) is 1. The summed E-state index contributed by atoms with van der Waals surface area (Å²) in [5.74, 6) is 1.21. The van der Waals surface area contributed by atoms with Gasteiger partial charge in [-0.05, 0) is 78.1 Å². The predicted octanol–water partition coefficient (Wildman–Crippen LogP) is 8.12. The summed E-state index contributed by atoms with van der Waals surface area (Å²) in [5.41, 5.74) is 3.67. The molecule has 0 radical (unpaired) electrons. The van der Waals surface area contributed by atoms with Gasteiger partial charge in [0.2, 0.25) is 0 Å². The third kappa shape index (κ3) is 6.22. The quantitative estimate of drug-likeness (QED) is 0.260. The molecule has 3 aromatic rings. The van der Waals surface area contributed by atoms with Crippen molar-refractivity contribution >= 4 is 45.7 Å². The van der Waals surface area contributed by atoms with E-state index in [0.717, 1.165) is 41.1 Å². The van der Waals surface area contributed by atoms with Crippen molar-refractivity contribution in [1.29, 1.82) is 0 Å². The summed E-state index contributed by atoms with van der Waals surface area (Å²) in [7, 11) is 0. The van der Waals surface area contributed by atoms with E-state index < -0.39 is 0 Å². The fourth-order valence-corrected chi connectivity index (χ4v) is 5.73. The Morgan fingerprint density at radius 1 is 1.26 bits per heavy atom. The zero-order valence-corrected chi connectivity index (χ0v) is 22.0. The second-order valence-corrected chi connectivity index (χ2v) is 11.4. The molecule has 1 heterocycles. The molecule has 1 aliphatic carbocycles. The molecule has 1 aromatic heterocycles. The molecule has 4 nitrogen and oxygen atoms in total. The SMILES string of the molecule is C=CCOc1cccc(C=Nc2sc3c(c2C(=O)Nc2ccc(Cl)cc2)CC[C@@H](C(C)(C)C)C3)c1. The van der Waals surface area contributed by atoms with E-state index in [-0.39, 0.29) is 11.3 Å². The first-order valence-corrected chi connectivity index (χ1v) is 13.0. The van der Waals surface area contributed by atoms with Crippen LogP contribution in [-0.4, -0.2) is 18.7 Å². The van der Waals surface area contributed by atoms with Gasteiger partial charge in [0, 0.05) is 21.8 Å². The molecule has 35 heavy (non-hydrogen) atoms. The molecule has 0 spiro atoms. The molecule has 1 N–H and O–H groups in total. The number of anilines is 1. The second-order valence-electron chi connectivity index (χ2n) is 9.88. The first kappa shape index (κ1) is 25.2. The van der Waals surface area contributed by atoms with Crippen LogP contribution >= 0.6 is 22.9 Å². The fraction of sp³-hybridized carbons (Fsp3) is 0.310. The average Bonchev–Trinajstić information content (AvgIpc) is 3.20. The Kier molecular flexibility index (Phi) is 7.78. The van der Waals surface area contributed by atoms with Crippen LogP contribution in [0.4, 0.5) is 10.7 Å². The molecule has 0 aliphatic heterocycles. The summed E-state index contributed by atoms with van der Waals surface area (Å²) in [6.07, 6.45) is 6.45. The molecule has 1 amide bonds. The summed E-state index contributed by atoms with van der Waals surface area (Å²) in [4.78, 5) is 19.5. The van der Waals surface area contributed by atoms with Gasteiger partial charge in [0.25, 0.3) is 5.91 Å². The van der Waals surface area contributed by atoms with E-state index in [0.29, 0.717) is 28.8 Å². The van der Waals surface area contributed by atoms with Crippen molar-refractivity contribution in [2.45, 2.75) is 40.0 Å². The van der Waals surface area contributed by atoms with Crippen LogP contribution in [0.5, 0.6) is 5.75 Å². The number of aliphatic imine (C=N–C) groups is 1. The van der Waals surface area contributed by atoms with Gasteiger partial charge in [-0.15, -0.1) is 11.3 Å². The lowest BCUT2D eigenvalue weighted by Crippen LogP contribution is -2.27. The summed E-state index contributed by atoms with van der Waals surface area (Å²) in [6.45, 7) is 11.0. The van der Waals surface area contributed by atoms with Crippen molar-refractivity contribution in [1.82, 2.24) is 0 Å². The van der Waals surface area contributed by atoms with Gasteiger partial charge in [-0.3, -0.25) is 4.79 Å². The zero-order chi connectivity index (χ0) is 25.0. The fourth-order valence-electron chi connectivity index (χ4n) is 4.34. The van der Waals surface area contributed by atoms with Crippen molar-refractivity contribution < 1.29 is 9.53 Å². The lowest BCUT2D eigenvalue weighted by Gasteiger charge is -2.33. The molecule has 4 rings (SSSR count). The number of ether oxygens (including phenoxy) is 1. The van der Waals surface area contributed by atoms with Crippen LogP contribution in [-0.2, 0) is 12.8 Å². The van der Waals surface area contributed by atoms with Gasteiger partial charge in [-0.25, -0.2) is 4.99 Å². The van der Waals surface area contributed by atoms with Crippen molar-refractivity contribution in [2.24, 2.45) is 16.3 Å². The Balaban J connectivity index is 1.67. The van der Waals surface area contributed by atoms with Crippen LogP contribution in [0.2, 0.25) is 5.02 Å². The topological polar surface area (TPSA) is 50.7 Å². The first-order chi connectivity index (χ1) is 16.7. The largest absolute Gasteiger partial charge is 0.490 e. The molecule has 0 saturated carbocycles. The Bertz CT molecular complexity index is 1240. The number of halogens is 1. The lowest BCUT2D eigenvalue weighted by molar-refractivity contribution is 0.102. The molecule has 0 saturated heterocycles. The van der Waals surface area contributed by atoms with Gasteiger partial charge in [0.05, 0.1) is 5.56 Å². The van der Waals surface area contributed by atoms with E-state index in [2.05, 4.69) is 32.7 Å². The number of benzene rings is 2. The Morgan fingerprint density at radius 2 is 2.03 bits per heavy atom. The monoisotopic (exact) mass is 506 g/mol. The lowest BCUT2D eigenvalue weighted by atomic mass is 9.72. The molecule has 0 unspecified atom stereocenters. The highest BCUT2D eigenvalue weighted by molar-refractivity contribution is 7.16. The van der Waals surface area contributed by atoms with Crippen molar-refractivity contribution in [3.05, 3.63) is 87.8 Å². The minimum Gasteiger partial charge on any atom is -0.490 e. The Hall–Kier alpha value is -2.89. The van der Waals surface area contributed by atoms with Crippen molar-refractivity contribution in [2.75, 3.05) is 11.9 Å². The maximum absolute atomic E-state index is 13.5. The zero-order valence-electron chi connectivity index (χ0n) is 20.4. The van der Waals surface area contributed by atoms with E-state index >= 15 is 0 Å². The van der Waals surface area contributed by atoms with Crippen LogP contribution in [0.15, 0.2) is 66.2 Å². The van der Waals surface area contributed by atoms with Gasteiger partial charge in [0.1, 0.15) is 17.4 Å². The third-order valence-corrected chi connectivity index (χ3v) is 7.77. The van der Waals surface area contributed by atoms with Crippen LogP contribution in [0.3, 0.4) is 0 Å². The van der Waals surface area contributed by atoms with Crippen LogP contribution in [0.25, 0.3) is 0 Å². The first-order valence-electron chi connectivity index (χ1n) is 11.8. The van der Waals surface area contributed by atoms with Gasteiger partial charge in [0.15, 0.2) is 0 Å². The minimum absolute atomic E-state index is 0.130. The third-order valence-electron chi connectivity index (χ3n) is 6.36. The number of thiophene rings is 1. The van der Waals surface area contributed by atoms with E-state index in [1.165, 1.54) is 4.88 Å². The van der Waals surface area contributed by atoms with Gasteiger partial charge in [-0.1, -0.05) is 57.2 Å². The Morgan fingerprint density at radius 3 is 2.74 bits per heavy atom. The summed E-state index contributed by atoms with van der Waals surface area (Å²) < 4.78 is 5.64. The van der Waals surface area contributed by atoms with E-state index in [9.17, 15) is 4.79 Å². The molecule has 0 bridgehead atoms. The molecular formula is C29H31ClN2O2S. The number of nitrogens with zero attached hydrogens (tertiary/aromatic N) is 1. The molecule has 1 atom stereocenters. The van der Waals surface area contributed by atoms with E-state index in [1.807, 2.05) is 36.4 Å². The van der Waals surface area contributed by atoms with E-state index in [1.54, 1.807) is 35.8 Å². The van der Waals surface area contributed by atoms with Gasteiger partial charge in [-0.2, -0.15) is 0 Å². The standard InChI is InChI=1S/C29H31ClN2O2S/c1-5-15-34-23-8-6-7-19(16-23)18-31-28-26(27(33)32-22-12-10-21(30)11-13-22)24-14-9-20(29(2,3)4)17-25(24)35-28/h5-8,10-13,16,18,20H,1,9,14-15,17H2,2-4H3,(H,32,33)/t20-/m1/s1. The van der Waals surface area contributed by atoms with Crippen LogP contribution in [0.1, 0.15) is 53.6 Å². The number of carbonyl (C=O) groups is 1. The number of hydrogen-bond donors (Lipinski definition) is 1. The molecule has 0 fully saturated rings. The smallest absolute Gasteiger partial charge is 0.259 e. The minimum atomic E-state index is -0.130. The average molecular weight is 507 g/mol. The number of carbonyl (C=O) groups excluding carboxylic acids is 1. The molecule has 182 valence electrons. The number of fused-ring (bicyclic) bond motifs is 1. The molecule has 2 aromatic carbocycles. The maximum Gasteiger partial charge on any atom is 0.259 e. The Labute approximate surface area is 216 Å². The molecule has 6 heteroatoms. The highest BCUT2D eigenvalue weighted by Gasteiger charge is 2.33. The summed E-state index contributed by atoms with van der Waals surface area (Å²) in [5, 5.41) is 4.42. The highest BCUT2D eigenvalue weighted by atomic mass is 35.5.